The van der Waals surface area contributed by atoms with Crippen LogP contribution in [0.1, 0.15) is 32.1 Å². The highest BCUT2D eigenvalue weighted by Gasteiger charge is 2.14. The van der Waals surface area contributed by atoms with Crippen molar-refractivity contribution in [3.63, 3.8) is 0 Å². The minimum atomic E-state index is -0.504. The average Bonchev–Trinajstić information content (AvgIpc) is 1.97. The number of hydrogen-bond acceptors (Lipinski definition) is 0. The van der Waals surface area contributed by atoms with Gasteiger partial charge in [-0.15, -0.1) is 9.24 Å². The smallest absolute Gasteiger partial charge is 0.100 e. The van der Waals surface area contributed by atoms with E-state index in [-0.39, 0.29) is 0 Å². The van der Waals surface area contributed by atoms with Gasteiger partial charge >= 0.3 is 0 Å². The maximum atomic E-state index is 12.6. The molecule has 0 aromatic carbocycles. The molecule has 2 heteroatoms. The van der Waals surface area contributed by atoms with Gasteiger partial charge in [-0.2, -0.15) is 0 Å². The summed E-state index contributed by atoms with van der Waals surface area (Å²) in [4.78, 5) is 0. The van der Waals surface area contributed by atoms with Gasteiger partial charge in [0, 0.05) is 0 Å². The van der Waals surface area contributed by atoms with E-state index in [0.717, 1.165) is 25.7 Å². The fourth-order valence-corrected chi connectivity index (χ4v) is 1.71. The first-order valence-corrected chi connectivity index (χ1v) is 4.35. The molecule has 0 radical (unpaired) electrons. The first kappa shape index (κ1) is 7.47. The molecule has 1 aliphatic rings. The minimum absolute atomic E-state index is 0.504. The van der Waals surface area contributed by atoms with Crippen molar-refractivity contribution in [2.24, 2.45) is 0 Å². The zero-order valence-electron chi connectivity index (χ0n) is 5.65. The van der Waals surface area contributed by atoms with E-state index in [2.05, 4.69) is 9.24 Å². The van der Waals surface area contributed by atoms with Crippen molar-refractivity contribution in [1.82, 2.24) is 0 Å². The van der Waals surface area contributed by atoms with Crippen LogP contribution < -0.4 is 0 Å². The highest BCUT2D eigenvalue weighted by molar-refractivity contribution is 7.17. The summed E-state index contributed by atoms with van der Waals surface area (Å²) in [6.45, 7) is 0. The van der Waals surface area contributed by atoms with Gasteiger partial charge < -0.3 is 0 Å². The minimum Gasteiger partial charge on any atom is -0.247 e. The molecular formula is C7H14FP. The second-order valence-electron chi connectivity index (χ2n) is 2.87. The predicted octanol–water partition coefficient (Wildman–Crippen LogP) is 2.53. The van der Waals surface area contributed by atoms with Crippen LogP contribution in [0.2, 0.25) is 0 Å². The monoisotopic (exact) mass is 148 g/mol. The molecule has 0 aliphatic heterocycles. The Balaban J connectivity index is 2.25. The summed E-state index contributed by atoms with van der Waals surface area (Å²) in [7, 11) is 2.79. The number of alkyl halides is 1. The van der Waals surface area contributed by atoms with E-state index >= 15 is 0 Å². The molecule has 2 unspecified atom stereocenters. The molecular weight excluding hydrogens is 134 g/mol. The molecule has 1 fully saturated rings. The molecule has 1 aliphatic carbocycles. The Kier molecular flexibility index (Phi) is 2.91. The molecule has 0 N–H and O–H groups in total. The first-order chi connectivity index (χ1) is 4.29. The van der Waals surface area contributed by atoms with Crippen molar-refractivity contribution in [1.29, 1.82) is 0 Å². The van der Waals surface area contributed by atoms with Crippen molar-refractivity contribution in [2.45, 2.75) is 43.9 Å². The maximum absolute atomic E-state index is 12.6. The lowest BCUT2D eigenvalue weighted by atomic mass is 10.2. The van der Waals surface area contributed by atoms with Crippen molar-refractivity contribution < 1.29 is 4.39 Å². The van der Waals surface area contributed by atoms with Gasteiger partial charge in [0.25, 0.3) is 0 Å². The Bertz CT molecular complexity index is 75.0. The third-order valence-corrected chi connectivity index (χ3v) is 2.61. The fourth-order valence-electron chi connectivity index (χ4n) is 1.29. The van der Waals surface area contributed by atoms with E-state index in [9.17, 15) is 4.39 Å². The number of halogens is 1. The van der Waals surface area contributed by atoms with Crippen LogP contribution in [-0.2, 0) is 0 Å². The molecule has 0 spiro atoms. The highest BCUT2D eigenvalue weighted by Crippen LogP contribution is 2.24. The summed E-state index contributed by atoms with van der Waals surface area (Å²) < 4.78 is 12.6. The van der Waals surface area contributed by atoms with Crippen LogP contribution in [-0.4, -0.2) is 11.8 Å². The lowest BCUT2D eigenvalue weighted by molar-refractivity contribution is 0.301. The van der Waals surface area contributed by atoms with E-state index in [4.69, 9.17) is 0 Å². The van der Waals surface area contributed by atoms with Crippen LogP contribution in [0.15, 0.2) is 0 Å². The standard InChI is InChI=1S/C7H14FP/c8-6-2-1-3-7(9)5-4-6/h6-7H,1-5,9H2/t6-,7?/m0/s1. The van der Waals surface area contributed by atoms with Crippen LogP contribution in [0, 0.1) is 0 Å². The Hall–Kier alpha value is 0.360. The van der Waals surface area contributed by atoms with Gasteiger partial charge in [-0.25, -0.2) is 4.39 Å². The van der Waals surface area contributed by atoms with Gasteiger partial charge in [-0.1, -0.05) is 0 Å². The van der Waals surface area contributed by atoms with Crippen molar-refractivity contribution in [2.75, 3.05) is 0 Å². The Morgan fingerprint density at radius 2 is 1.89 bits per heavy atom. The third kappa shape index (κ3) is 2.62. The summed E-state index contributed by atoms with van der Waals surface area (Å²) in [5.74, 6) is 0. The molecule has 54 valence electrons. The van der Waals surface area contributed by atoms with Crippen LogP contribution in [0.3, 0.4) is 0 Å². The quantitative estimate of drug-likeness (QED) is 0.366. The molecule has 0 amide bonds. The number of hydrogen-bond donors (Lipinski definition) is 0. The molecule has 0 heterocycles. The lowest BCUT2D eigenvalue weighted by Gasteiger charge is -2.03. The molecule has 3 atom stereocenters. The van der Waals surface area contributed by atoms with Gasteiger partial charge in [0.2, 0.25) is 0 Å². The second-order valence-corrected chi connectivity index (χ2v) is 3.81. The average molecular weight is 148 g/mol. The lowest BCUT2D eigenvalue weighted by Crippen LogP contribution is -1.97. The van der Waals surface area contributed by atoms with Crippen LogP contribution in [0.25, 0.3) is 0 Å². The molecule has 9 heavy (non-hydrogen) atoms. The van der Waals surface area contributed by atoms with Crippen molar-refractivity contribution in [3.8, 4) is 0 Å². The van der Waals surface area contributed by atoms with Crippen LogP contribution in [0.4, 0.5) is 4.39 Å². The van der Waals surface area contributed by atoms with Crippen LogP contribution >= 0.6 is 9.24 Å². The fraction of sp³-hybridized carbons (Fsp3) is 1.00. The van der Waals surface area contributed by atoms with E-state index in [0.29, 0.717) is 5.66 Å². The SMILES string of the molecule is F[C@H]1CCCC(P)CC1. The van der Waals surface area contributed by atoms with Gasteiger partial charge in [0.05, 0.1) is 0 Å². The first-order valence-electron chi connectivity index (χ1n) is 3.68. The second kappa shape index (κ2) is 3.51. The summed E-state index contributed by atoms with van der Waals surface area (Å²) in [6.07, 6.45) is 4.42. The summed E-state index contributed by atoms with van der Waals surface area (Å²) in [6, 6.07) is 0. The number of rotatable bonds is 0. The summed E-state index contributed by atoms with van der Waals surface area (Å²) in [5.41, 5.74) is 0.686. The Labute approximate surface area is 58.4 Å². The van der Waals surface area contributed by atoms with Crippen LogP contribution in [0.5, 0.6) is 0 Å². The topological polar surface area (TPSA) is 0 Å². The molecule has 0 nitrogen and oxygen atoms in total. The molecule has 0 aromatic rings. The maximum Gasteiger partial charge on any atom is 0.100 e. The molecule has 1 saturated carbocycles. The van der Waals surface area contributed by atoms with Gasteiger partial charge in [0.1, 0.15) is 6.17 Å². The summed E-state index contributed by atoms with van der Waals surface area (Å²) >= 11 is 0. The van der Waals surface area contributed by atoms with Crippen molar-refractivity contribution >= 4 is 9.24 Å². The van der Waals surface area contributed by atoms with Gasteiger partial charge in [-0.05, 0) is 37.8 Å². The molecule has 0 aromatic heterocycles. The Morgan fingerprint density at radius 3 is 2.67 bits per heavy atom. The molecule has 0 saturated heterocycles. The zero-order valence-corrected chi connectivity index (χ0v) is 6.80. The molecule has 0 bridgehead atoms. The largest absolute Gasteiger partial charge is 0.247 e. The third-order valence-electron chi connectivity index (χ3n) is 1.94. The normalized spacial score (nSPS) is 38.0. The van der Waals surface area contributed by atoms with Crippen molar-refractivity contribution in [3.05, 3.63) is 0 Å². The Morgan fingerprint density at radius 1 is 1.11 bits per heavy atom. The van der Waals surface area contributed by atoms with Gasteiger partial charge in [0.15, 0.2) is 0 Å². The summed E-state index contributed by atoms with van der Waals surface area (Å²) in [5, 5.41) is 0. The highest BCUT2D eigenvalue weighted by atomic mass is 31.0. The van der Waals surface area contributed by atoms with E-state index < -0.39 is 6.17 Å². The van der Waals surface area contributed by atoms with E-state index in [1.165, 1.54) is 6.42 Å². The molecule has 1 rings (SSSR count). The van der Waals surface area contributed by atoms with Gasteiger partial charge in [-0.3, -0.25) is 0 Å². The van der Waals surface area contributed by atoms with E-state index in [1.807, 2.05) is 0 Å². The van der Waals surface area contributed by atoms with E-state index in [1.54, 1.807) is 0 Å². The zero-order chi connectivity index (χ0) is 6.69. The predicted molar refractivity (Wildman–Crippen MR) is 41.5 cm³/mol.